The van der Waals surface area contributed by atoms with E-state index in [0.29, 0.717) is 6.42 Å². The molecular weight excluding hydrogens is 238 g/mol. The quantitative estimate of drug-likeness (QED) is 0.810. The maximum Gasteiger partial charge on any atom is 0.240 e. The van der Waals surface area contributed by atoms with Crippen LogP contribution in [0.2, 0.25) is 0 Å². The first-order chi connectivity index (χ1) is 7.99. The van der Waals surface area contributed by atoms with Crippen LogP contribution in [0.3, 0.4) is 0 Å². The summed E-state index contributed by atoms with van der Waals surface area (Å²) in [5, 5.41) is 9.08. The van der Waals surface area contributed by atoms with Gasteiger partial charge in [0.05, 0.1) is 11.5 Å². The molecule has 96 valence electrons. The third-order valence-electron chi connectivity index (χ3n) is 2.51. The molecule has 0 aliphatic rings. The average molecular weight is 257 g/mol. The molecule has 0 amide bonds. The Morgan fingerprint density at radius 2 is 1.88 bits per heavy atom. The molecule has 0 bridgehead atoms. The molecular formula is C12H19NO3S. The lowest BCUT2D eigenvalue weighted by Crippen LogP contribution is -2.37. The Morgan fingerprint density at radius 3 is 2.35 bits per heavy atom. The predicted octanol–water partition coefficient (Wildman–Crippen LogP) is 1.43. The van der Waals surface area contributed by atoms with Crippen LogP contribution < -0.4 is 4.72 Å². The topological polar surface area (TPSA) is 66.4 Å². The Labute approximate surface area is 103 Å². The number of rotatable bonds is 6. The minimum Gasteiger partial charge on any atom is -0.395 e. The minimum absolute atomic E-state index is 0.182. The first-order valence-corrected chi connectivity index (χ1v) is 7.17. The Balaban J connectivity index is 2.84. The third kappa shape index (κ3) is 4.11. The number of aliphatic hydroxyl groups is 1. The summed E-state index contributed by atoms with van der Waals surface area (Å²) in [6.07, 6.45) is 1.45. The first-order valence-electron chi connectivity index (χ1n) is 5.69. The van der Waals surface area contributed by atoms with Gasteiger partial charge < -0.3 is 5.11 Å². The van der Waals surface area contributed by atoms with Gasteiger partial charge in [-0.05, 0) is 25.5 Å². The van der Waals surface area contributed by atoms with Crippen LogP contribution in [0.15, 0.2) is 29.2 Å². The zero-order chi connectivity index (χ0) is 12.9. The molecule has 0 fully saturated rings. The lowest BCUT2D eigenvalue weighted by molar-refractivity contribution is 0.250. The first kappa shape index (κ1) is 14.2. The predicted molar refractivity (Wildman–Crippen MR) is 67.3 cm³/mol. The molecule has 0 radical (unpaired) electrons. The van der Waals surface area contributed by atoms with E-state index in [9.17, 15) is 8.42 Å². The third-order valence-corrected chi connectivity index (χ3v) is 4.05. The van der Waals surface area contributed by atoms with E-state index in [1.54, 1.807) is 24.3 Å². The molecule has 4 nitrogen and oxygen atoms in total. The second-order valence-corrected chi connectivity index (χ2v) is 5.82. The van der Waals surface area contributed by atoms with Crippen LogP contribution in [0, 0.1) is 6.92 Å². The van der Waals surface area contributed by atoms with Crippen molar-refractivity contribution in [2.75, 3.05) is 6.61 Å². The Bertz CT molecular complexity index is 439. The highest BCUT2D eigenvalue weighted by molar-refractivity contribution is 7.89. The van der Waals surface area contributed by atoms with E-state index in [1.807, 2.05) is 13.8 Å². The van der Waals surface area contributed by atoms with Crippen molar-refractivity contribution in [3.05, 3.63) is 29.8 Å². The van der Waals surface area contributed by atoms with E-state index in [2.05, 4.69) is 4.72 Å². The molecule has 5 heteroatoms. The Kier molecular flexibility index (Phi) is 5.11. The highest BCUT2D eigenvalue weighted by Gasteiger charge is 2.18. The molecule has 1 aromatic carbocycles. The molecule has 1 unspecified atom stereocenters. The van der Waals surface area contributed by atoms with E-state index in [4.69, 9.17) is 5.11 Å². The molecule has 0 saturated heterocycles. The average Bonchev–Trinajstić information content (AvgIpc) is 2.28. The van der Waals surface area contributed by atoms with Crippen molar-refractivity contribution in [3.63, 3.8) is 0 Å². The highest BCUT2D eigenvalue weighted by Crippen LogP contribution is 2.11. The van der Waals surface area contributed by atoms with Gasteiger partial charge in [0.15, 0.2) is 0 Å². The van der Waals surface area contributed by atoms with Gasteiger partial charge in [-0.25, -0.2) is 13.1 Å². The summed E-state index contributed by atoms with van der Waals surface area (Å²) < 4.78 is 26.4. The summed E-state index contributed by atoms with van der Waals surface area (Å²) in [4.78, 5) is 0.234. The summed E-state index contributed by atoms with van der Waals surface area (Å²) in [5.41, 5.74) is 1.01. The highest BCUT2D eigenvalue weighted by atomic mass is 32.2. The minimum atomic E-state index is -3.52. The van der Waals surface area contributed by atoms with Gasteiger partial charge in [0.1, 0.15) is 0 Å². The van der Waals surface area contributed by atoms with Crippen LogP contribution in [0.4, 0.5) is 0 Å². The lowest BCUT2D eigenvalue weighted by atomic mass is 10.2. The van der Waals surface area contributed by atoms with E-state index in [0.717, 1.165) is 12.0 Å². The Hall–Kier alpha value is -0.910. The molecule has 17 heavy (non-hydrogen) atoms. The molecule has 0 aromatic heterocycles. The molecule has 2 N–H and O–H groups in total. The number of sulfonamides is 1. The molecule has 0 saturated carbocycles. The zero-order valence-electron chi connectivity index (χ0n) is 10.2. The number of nitrogens with one attached hydrogen (secondary N) is 1. The fourth-order valence-electron chi connectivity index (χ4n) is 1.54. The van der Waals surface area contributed by atoms with Crippen molar-refractivity contribution in [3.8, 4) is 0 Å². The molecule has 1 atom stereocenters. The van der Waals surface area contributed by atoms with E-state index in [-0.39, 0.29) is 11.5 Å². The van der Waals surface area contributed by atoms with Gasteiger partial charge in [-0.3, -0.25) is 0 Å². The number of hydrogen-bond donors (Lipinski definition) is 2. The molecule has 0 heterocycles. The van der Waals surface area contributed by atoms with Gasteiger partial charge in [0.2, 0.25) is 10.0 Å². The Morgan fingerprint density at radius 1 is 1.29 bits per heavy atom. The van der Waals surface area contributed by atoms with Crippen LogP contribution in [-0.2, 0) is 10.0 Å². The molecule has 1 aromatic rings. The van der Waals surface area contributed by atoms with E-state index < -0.39 is 16.1 Å². The molecule has 1 rings (SSSR count). The van der Waals surface area contributed by atoms with Crippen LogP contribution in [0.25, 0.3) is 0 Å². The van der Waals surface area contributed by atoms with E-state index >= 15 is 0 Å². The summed E-state index contributed by atoms with van der Waals surface area (Å²) in [6, 6.07) is 6.23. The van der Waals surface area contributed by atoms with Crippen LogP contribution in [0.5, 0.6) is 0 Å². The van der Waals surface area contributed by atoms with Crippen molar-refractivity contribution in [1.29, 1.82) is 0 Å². The molecule has 0 aliphatic heterocycles. The standard InChI is InChI=1S/C12H19NO3S/c1-3-4-11(9-14)13-17(15,16)12-7-5-10(2)6-8-12/h5-8,11,13-14H,3-4,9H2,1-2H3. The van der Waals surface area contributed by atoms with Crippen molar-refractivity contribution in [2.24, 2.45) is 0 Å². The fourth-order valence-corrected chi connectivity index (χ4v) is 2.80. The van der Waals surface area contributed by atoms with Gasteiger partial charge in [0.25, 0.3) is 0 Å². The zero-order valence-corrected chi connectivity index (χ0v) is 11.0. The SMILES string of the molecule is CCCC(CO)NS(=O)(=O)c1ccc(C)cc1. The van der Waals surface area contributed by atoms with Crippen LogP contribution in [-0.4, -0.2) is 26.2 Å². The monoisotopic (exact) mass is 257 g/mol. The van der Waals surface area contributed by atoms with Crippen molar-refractivity contribution >= 4 is 10.0 Å². The maximum atomic E-state index is 12.0. The van der Waals surface area contributed by atoms with Crippen LogP contribution in [0.1, 0.15) is 25.3 Å². The number of aryl methyl sites for hydroxylation is 1. The van der Waals surface area contributed by atoms with Gasteiger partial charge in [-0.2, -0.15) is 0 Å². The maximum absolute atomic E-state index is 12.0. The lowest BCUT2D eigenvalue weighted by Gasteiger charge is -2.15. The number of benzene rings is 1. The largest absolute Gasteiger partial charge is 0.395 e. The summed E-state index contributed by atoms with van der Waals surface area (Å²) in [5.74, 6) is 0. The van der Waals surface area contributed by atoms with Crippen molar-refractivity contribution in [2.45, 2.75) is 37.6 Å². The van der Waals surface area contributed by atoms with Gasteiger partial charge >= 0.3 is 0 Å². The van der Waals surface area contributed by atoms with Crippen molar-refractivity contribution < 1.29 is 13.5 Å². The second-order valence-electron chi connectivity index (χ2n) is 4.10. The summed E-state index contributed by atoms with van der Waals surface area (Å²) in [7, 11) is -3.52. The number of hydrogen-bond acceptors (Lipinski definition) is 3. The number of aliphatic hydroxyl groups excluding tert-OH is 1. The van der Waals surface area contributed by atoms with Gasteiger partial charge in [-0.15, -0.1) is 0 Å². The normalized spacial score (nSPS) is 13.6. The van der Waals surface area contributed by atoms with Gasteiger partial charge in [-0.1, -0.05) is 31.0 Å². The van der Waals surface area contributed by atoms with E-state index in [1.165, 1.54) is 0 Å². The second kappa shape index (κ2) is 6.14. The van der Waals surface area contributed by atoms with Crippen LogP contribution >= 0.6 is 0 Å². The van der Waals surface area contributed by atoms with Crippen molar-refractivity contribution in [1.82, 2.24) is 4.72 Å². The summed E-state index contributed by atoms with van der Waals surface area (Å²) in [6.45, 7) is 3.67. The molecule has 0 spiro atoms. The summed E-state index contributed by atoms with van der Waals surface area (Å²) >= 11 is 0. The fraction of sp³-hybridized carbons (Fsp3) is 0.500. The smallest absolute Gasteiger partial charge is 0.240 e. The van der Waals surface area contributed by atoms with Gasteiger partial charge in [0, 0.05) is 6.04 Å². The molecule has 0 aliphatic carbocycles.